The molecule has 1 aliphatic rings. The van der Waals surface area contributed by atoms with Gasteiger partial charge in [-0.3, -0.25) is 4.79 Å². The first kappa shape index (κ1) is 13.9. The van der Waals surface area contributed by atoms with Crippen molar-refractivity contribution in [3.63, 3.8) is 0 Å². The molecular weight excluding hydrogens is 238 g/mol. The number of anilines is 1. The lowest BCUT2D eigenvalue weighted by molar-refractivity contribution is 0.0557. The van der Waals surface area contributed by atoms with Gasteiger partial charge < -0.3 is 16.0 Å². The molecule has 0 bridgehead atoms. The van der Waals surface area contributed by atoms with Gasteiger partial charge in [-0.15, -0.1) is 0 Å². The molecule has 2 rings (SSSR count). The fourth-order valence-corrected chi connectivity index (χ4v) is 2.65. The summed E-state index contributed by atoms with van der Waals surface area (Å²) < 4.78 is 0. The number of nitrogens with zero attached hydrogens (tertiary/aromatic N) is 1. The van der Waals surface area contributed by atoms with Crippen LogP contribution in [0.25, 0.3) is 0 Å². The fraction of sp³-hybridized carbons (Fsp3) is 0.533. The lowest BCUT2D eigenvalue weighted by atomic mass is 9.75. The maximum Gasteiger partial charge on any atom is 0.251 e. The maximum absolute atomic E-state index is 12.2. The molecule has 0 spiro atoms. The monoisotopic (exact) mass is 261 g/mol. The van der Waals surface area contributed by atoms with Gasteiger partial charge >= 0.3 is 0 Å². The molecule has 104 valence electrons. The van der Waals surface area contributed by atoms with Crippen LogP contribution in [-0.4, -0.2) is 37.0 Å². The van der Waals surface area contributed by atoms with Crippen LogP contribution in [0.3, 0.4) is 0 Å². The summed E-state index contributed by atoms with van der Waals surface area (Å²) in [6.07, 6.45) is 3.55. The zero-order valence-corrected chi connectivity index (χ0v) is 12.0. The van der Waals surface area contributed by atoms with Gasteiger partial charge in [-0.1, -0.05) is 0 Å². The summed E-state index contributed by atoms with van der Waals surface area (Å²) in [5.41, 5.74) is 8.18. The van der Waals surface area contributed by atoms with Crippen LogP contribution in [0.4, 0.5) is 5.69 Å². The Morgan fingerprint density at radius 3 is 2.58 bits per heavy atom. The van der Waals surface area contributed by atoms with Gasteiger partial charge in [0, 0.05) is 23.3 Å². The molecule has 4 heteroatoms. The second-order valence-electron chi connectivity index (χ2n) is 5.73. The molecule has 1 saturated carbocycles. The van der Waals surface area contributed by atoms with Crippen molar-refractivity contribution < 1.29 is 4.79 Å². The lowest BCUT2D eigenvalue weighted by Gasteiger charge is -2.47. The van der Waals surface area contributed by atoms with Crippen molar-refractivity contribution >= 4 is 11.6 Å². The topological polar surface area (TPSA) is 58.4 Å². The van der Waals surface area contributed by atoms with Gasteiger partial charge in [-0.2, -0.15) is 0 Å². The molecular formula is C15H23N3O. The van der Waals surface area contributed by atoms with E-state index < -0.39 is 0 Å². The molecule has 1 fully saturated rings. The van der Waals surface area contributed by atoms with E-state index in [2.05, 4.69) is 24.3 Å². The first-order valence-electron chi connectivity index (χ1n) is 6.76. The molecule has 0 saturated heterocycles. The van der Waals surface area contributed by atoms with E-state index in [1.165, 1.54) is 6.42 Å². The predicted octanol–water partition coefficient (Wildman–Crippen LogP) is 1.79. The van der Waals surface area contributed by atoms with E-state index in [0.717, 1.165) is 18.4 Å². The second kappa shape index (κ2) is 5.21. The molecule has 4 nitrogen and oxygen atoms in total. The highest BCUT2D eigenvalue weighted by Gasteiger charge is 2.39. The summed E-state index contributed by atoms with van der Waals surface area (Å²) in [6, 6.07) is 5.40. The minimum atomic E-state index is -0.00868. The maximum atomic E-state index is 12.2. The van der Waals surface area contributed by atoms with Gasteiger partial charge in [0.05, 0.1) is 0 Å². The van der Waals surface area contributed by atoms with Gasteiger partial charge in [0.2, 0.25) is 0 Å². The van der Waals surface area contributed by atoms with Crippen molar-refractivity contribution in [2.24, 2.45) is 0 Å². The van der Waals surface area contributed by atoms with E-state index in [4.69, 9.17) is 5.73 Å². The Hall–Kier alpha value is -1.55. The fourth-order valence-electron chi connectivity index (χ4n) is 2.65. The first-order chi connectivity index (χ1) is 8.94. The molecule has 0 heterocycles. The molecule has 3 N–H and O–H groups in total. The van der Waals surface area contributed by atoms with Crippen molar-refractivity contribution in [3.05, 3.63) is 29.3 Å². The summed E-state index contributed by atoms with van der Waals surface area (Å²) in [6.45, 7) is 2.62. The molecule has 1 amide bonds. The highest BCUT2D eigenvalue weighted by Crippen LogP contribution is 2.35. The second-order valence-corrected chi connectivity index (χ2v) is 5.73. The van der Waals surface area contributed by atoms with E-state index in [0.29, 0.717) is 17.8 Å². The van der Waals surface area contributed by atoms with E-state index in [1.54, 1.807) is 12.1 Å². The number of nitrogens with one attached hydrogen (secondary N) is 1. The van der Waals surface area contributed by atoms with Gasteiger partial charge in [0.25, 0.3) is 5.91 Å². The van der Waals surface area contributed by atoms with Crippen LogP contribution in [0.1, 0.15) is 35.2 Å². The quantitative estimate of drug-likeness (QED) is 0.812. The van der Waals surface area contributed by atoms with Crippen LogP contribution in [0.5, 0.6) is 0 Å². The highest BCUT2D eigenvalue weighted by atomic mass is 16.1. The van der Waals surface area contributed by atoms with Crippen LogP contribution in [0, 0.1) is 6.92 Å². The Labute approximate surface area is 115 Å². The van der Waals surface area contributed by atoms with Crippen molar-refractivity contribution in [3.8, 4) is 0 Å². The Bertz CT molecular complexity index is 478. The van der Waals surface area contributed by atoms with E-state index >= 15 is 0 Å². The van der Waals surface area contributed by atoms with Gasteiger partial charge in [0.1, 0.15) is 0 Å². The summed E-state index contributed by atoms with van der Waals surface area (Å²) >= 11 is 0. The SMILES string of the molecule is Cc1cc(N)ccc1C(=O)NCC1(N(C)C)CCC1. The number of carbonyl (C=O) groups is 1. The zero-order valence-electron chi connectivity index (χ0n) is 12.0. The zero-order chi connectivity index (χ0) is 14.0. The highest BCUT2D eigenvalue weighted by molar-refractivity contribution is 5.96. The number of amides is 1. The Morgan fingerprint density at radius 2 is 2.11 bits per heavy atom. The molecule has 1 aliphatic carbocycles. The largest absolute Gasteiger partial charge is 0.399 e. The number of hydrogen-bond donors (Lipinski definition) is 2. The van der Waals surface area contributed by atoms with E-state index in [9.17, 15) is 4.79 Å². The van der Waals surface area contributed by atoms with Crippen molar-refractivity contribution in [2.75, 3.05) is 26.4 Å². The molecule has 19 heavy (non-hydrogen) atoms. The molecule has 0 unspecified atom stereocenters. The number of hydrogen-bond acceptors (Lipinski definition) is 3. The minimum Gasteiger partial charge on any atom is -0.399 e. The van der Waals surface area contributed by atoms with Gasteiger partial charge in [0.15, 0.2) is 0 Å². The summed E-state index contributed by atoms with van der Waals surface area (Å²) in [5.74, 6) is -0.00868. The number of benzene rings is 1. The van der Waals surface area contributed by atoms with Gasteiger partial charge in [-0.05, 0) is 64.0 Å². The smallest absolute Gasteiger partial charge is 0.251 e. The van der Waals surface area contributed by atoms with Crippen molar-refractivity contribution in [1.29, 1.82) is 0 Å². The molecule has 0 atom stereocenters. The normalized spacial score (nSPS) is 17.1. The molecule has 0 aromatic heterocycles. The van der Waals surface area contributed by atoms with Crippen molar-refractivity contribution in [2.45, 2.75) is 31.7 Å². The van der Waals surface area contributed by atoms with Gasteiger partial charge in [-0.25, -0.2) is 0 Å². The molecule has 1 aromatic carbocycles. The Morgan fingerprint density at radius 1 is 1.42 bits per heavy atom. The molecule has 0 radical (unpaired) electrons. The minimum absolute atomic E-state index is 0.00868. The predicted molar refractivity (Wildman–Crippen MR) is 78.2 cm³/mol. The summed E-state index contributed by atoms with van der Waals surface area (Å²) in [5, 5.41) is 3.06. The first-order valence-corrected chi connectivity index (χ1v) is 6.76. The standard InChI is InChI=1S/C15H23N3O/c1-11-9-12(16)5-6-13(11)14(19)17-10-15(18(2)3)7-4-8-15/h5-6,9H,4,7-8,10,16H2,1-3H3,(H,17,19). The van der Waals surface area contributed by atoms with Crippen LogP contribution >= 0.6 is 0 Å². The summed E-state index contributed by atoms with van der Waals surface area (Å²) in [4.78, 5) is 14.4. The molecule has 0 aliphatic heterocycles. The van der Waals surface area contributed by atoms with Crippen LogP contribution in [0.15, 0.2) is 18.2 Å². The number of nitrogens with two attached hydrogens (primary N) is 1. The molecule has 1 aromatic rings. The third-order valence-electron chi connectivity index (χ3n) is 4.31. The van der Waals surface area contributed by atoms with Crippen LogP contribution < -0.4 is 11.1 Å². The Balaban J connectivity index is 2.01. The average Bonchev–Trinajstić information content (AvgIpc) is 2.26. The number of nitrogen functional groups attached to an aromatic ring is 1. The van der Waals surface area contributed by atoms with Crippen LogP contribution in [0.2, 0.25) is 0 Å². The lowest BCUT2D eigenvalue weighted by Crippen LogP contribution is -2.57. The van der Waals surface area contributed by atoms with Crippen LogP contribution in [-0.2, 0) is 0 Å². The number of likely N-dealkylation sites (N-methyl/N-ethyl adjacent to an activating group) is 1. The van der Waals surface area contributed by atoms with E-state index in [1.807, 2.05) is 13.0 Å². The third-order valence-corrected chi connectivity index (χ3v) is 4.31. The van der Waals surface area contributed by atoms with E-state index in [-0.39, 0.29) is 11.4 Å². The number of rotatable bonds is 4. The average molecular weight is 261 g/mol. The van der Waals surface area contributed by atoms with Crippen molar-refractivity contribution in [1.82, 2.24) is 10.2 Å². The summed E-state index contributed by atoms with van der Waals surface area (Å²) in [7, 11) is 4.17. The number of aryl methyl sites for hydroxylation is 1. The number of carbonyl (C=O) groups excluding carboxylic acids is 1. The third kappa shape index (κ3) is 2.73. The Kier molecular flexibility index (Phi) is 3.80.